The zero-order chi connectivity index (χ0) is 12.0. The minimum atomic E-state index is 0.0569. The molecule has 1 saturated carbocycles. The van der Waals surface area contributed by atoms with Gasteiger partial charge >= 0.3 is 0 Å². The molecule has 0 radical (unpaired) electrons. The minimum absolute atomic E-state index is 0.0569. The van der Waals surface area contributed by atoms with Crippen molar-refractivity contribution in [2.75, 3.05) is 27.2 Å². The second-order valence-corrected chi connectivity index (χ2v) is 4.41. The third kappa shape index (κ3) is 5.70. The van der Waals surface area contributed by atoms with Gasteiger partial charge < -0.3 is 15.5 Å². The minimum Gasteiger partial charge on any atom is -0.352 e. The van der Waals surface area contributed by atoms with E-state index in [0.717, 1.165) is 19.3 Å². The van der Waals surface area contributed by atoms with Gasteiger partial charge in [-0.15, -0.1) is 0 Å². The Balaban J connectivity index is 1.90. The fraction of sp³-hybridized carbons (Fsp3) is 0.818. The molecule has 0 bridgehead atoms. The summed E-state index contributed by atoms with van der Waals surface area (Å²) in [6, 6.07) is 0.421. The summed E-state index contributed by atoms with van der Waals surface area (Å²) in [6.45, 7) is 1.06. The van der Waals surface area contributed by atoms with Gasteiger partial charge in [0.15, 0.2) is 0 Å². The van der Waals surface area contributed by atoms with Crippen LogP contribution in [0.1, 0.15) is 25.7 Å². The van der Waals surface area contributed by atoms with Crippen LogP contribution in [-0.2, 0) is 9.59 Å². The van der Waals surface area contributed by atoms with Gasteiger partial charge in [-0.05, 0) is 25.8 Å². The molecule has 0 saturated heterocycles. The Labute approximate surface area is 96.6 Å². The molecule has 0 unspecified atom stereocenters. The number of nitrogens with zero attached hydrogens (tertiary/aromatic N) is 1. The highest BCUT2D eigenvalue weighted by atomic mass is 16.2. The van der Waals surface area contributed by atoms with Crippen LogP contribution in [0.2, 0.25) is 0 Å². The lowest BCUT2D eigenvalue weighted by atomic mass is 10.3. The topological polar surface area (TPSA) is 61.4 Å². The second kappa shape index (κ2) is 6.48. The fourth-order valence-electron chi connectivity index (χ4n) is 1.30. The van der Waals surface area contributed by atoms with Crippen molar-refractivity contribution in [2.45, 2.75) is 31.7 Å². The largest absolute Gasteiger partial charge is 0.352 e. The molecule has 0 aliphatic heterocycles. The number of hydrogen-bond donors (Lipinski definition) is 2. The van der Waals surface area contributed by atoms with E-state index in [4.69, 9.17) is 0 Å². The highest BCUT2D eigenvalue weighted by molar-refractivity contribution is 5.78. The Bertz CT molecular complexity index is 250. The van der Waals surface area contributed by atoms with Crippen molar-refractivity contribution in [3.05, 3.63) is 0 Å². The molecule has 1 aliphatic carbocycles. The van der Waals surface area contributed by atoms with Crippen molar-refractivity contribution < 1.29 is 9.59 Å². The molecule has 1 rings (SSSR count). The van der Waals surface area contributed by atoms with Gasteiger partial charge in [0.2, 0.25) is 11.8 Å². The number of rotatable bonds is 7. The Hall–Kier alpha value is -1.10. The van der Waals surface area contributed by atoms with Gasteiger partial charge in [0.05, 0.1) is 6.54 Å². The summed E-state index contributed by atoms with van der Waals surface area (Å²) < 4.78 is 0. The number of carbonyl (C=O) groups is 2. The molecule has 5 nitrogen and oxygen atoms in total. The van der Waals surface area contributed by atoms with Crippen LogP contribution in [0.25, 0.3) is 0 Å². The van der Waals surface area contributed by atoms with E-state index in [1.807, 2.05) is 0 Å². The first kappa shape index (κ1) is 13.0. The van der Waals surface area contributed by atoms with Crippen molar-refractivity contribution >= 4 is 11.8 Å². The van der Waals surface area contributed by atoms with E-state index in [2.05, 4.69) is 10.6 Å². The third-order valence-corrected chi connectivity index (χ3v) is 2.47. The first-order valence-electron chi connectivity index (χ1n) is 5.80. The first-order valence-corrected chi connectivity index (χ1v) is 5.80. The monoisotopic (exact) mass is 227 g/mol. The molecular formula is C11H21N3O2. The van der Waals surface area contributed by atoms with Crippen LogP contribution in [-0.4, -0.2) is 49.9 Å². The Kier molecular flexibility index (Phi) is 5.25. The maximum atomic E-state index is 11.2. The van der Waals surface area contributed by atoms with E-state index in [9.17, 15) is 9.59 Å². The molecule has 2 N–H and O–H groups in total. The standard InChI is InChI=1S/C11H21N3O2/c1-14(2)11(16)4-3-7-12-8-10(15)13-9-5-6-9/h9,12H,3-8H2,1-2H3,(H,13,15). The van der Waals surface area contributed by atoms with Crippen LogP contribution in [0.5, 0.6) is 0 Å². The zero-order valence-corrected chi connectivity index (χ0v) is 10.1. The lowest BCUT2D eigenvalue weighted by Crippen LogP contribution is -2.35. The lowest BCUT2D eigenvalue weighted by molar-refractivity contribution is -0.128. The number of hydrogen-bond acceptors (Lipinski definition) is 3. The van der Waals surface area contributed by atoms with E-state index in [1.54, 1.807) is 19.0 Å². The lowest BCUT2D eigenvalue weighted by Gasteiger charge is -2.10. The van der Waals surface area contributed by atoms with Crippen LogP contribution in [0.15, 0.2) is 0 Å². The van der Waals surface area contributed by atoms with Gasteiger partial charge in [0.25, 0.3) is 0 Å². The molecule has 0 heterocycles. The fourth-order valence-corrected chi connectivity index (χ4v) is 1.30. The van der Waals surface area contributed by atoms with E-state index < -0.39 is 0 Å². The SMILES string of the molecule is CN(C)C(=O)CCCNCC(=O)NC1CC1. The van der Waals surface area contributed by atoms with Crippen molar-refractivity contribution in [2.24, 2.45) is 0 Å². The van der Waals surface area contributed by atoms with Crippen LogP contribution in [0.3, 0.4) is 0 Å². The summed E-state index contributed by atoms with van der Waals surface area (Å²) in [7, 11) is 3.50. The quantitative estimate of drug-likeness (QED) is 0.588. The summed E-state index contributed by atoms with van der Waals surface area (Å²) in [5.74, 6) is 0.186. The van der Waals surface area contributed by atoms with Gasteiger partial charge in [0.1, 0.15) is 0 Å². The second-order valence-electron chi connectivity index (χ2n) is 4.41. The normalized spacial score (nSPS) is 14.6. The number of amides is 2. The van der Waals surface area contributed by atoms with Crippen molar-refractivity contribution in [1.29, 1.82) is 0 Å². The Morgan fingerprint density at radius 2 is 2.00 bits per heavy atom. The number of nitrogens with one attached hydrogen (secondary N) is 2. The molecule has 2 amide bonds. The van der Waals surface area contributed by atoms with Gasteiger partial charge in [-0.1, -0.05) is 0 Å². The van der Waals surface area contributed by atoms with Crippen molar-refractivity contribution in [1.82, 2.24) is 15.5 Å². The molecule has 0 aromatic carbocycles. The third-order valence-electron chi connectivity index (χ3n) is 2.47. The summed E-state index contributed by atoms with van der Waals surface area (Å²) in [5, 5.41) is 5.92. The highest BCUT2D eigenvalue weighted by Gasteiger charge is 2.22. The summed E-state index contributed by atoms with van der Waals surface area (Å²) in [5.41, 5.74) is 0. The van der Waals surface area contributed by atoms with Crippen LogP contribution >= 0.6 is 0 Å². The van der Waals surface area contributed by atoms with Crippen molar-refractivity contribution in [3.63, 3.8) is 0 Å². The molecule has 16 heavy (non-hydrogen) atoms. The van der Waals surface area contributed by atoms with Gasteiger partial charge in [-0.3, -0.25) is 9.59 Å². The molecule has 0 aromatic heterocycles. The van der Waals surface area contributed by atoms with Crippen molar-refractivity contribution in [3.8, 4) is 0 Å². The van der Waals surface area contributed by atoms with Gasteiger partial charge in [-0.2, -0.15) is 0 Å². The zero-order valence-electron chi connectivity index (χ0n) is 10.1. The Morgan fingerprint density at radius 1 is 1.31 bits per heavy atom. The highest BCUT2D eigenvalue weighted by Crippen LogP contribution is 2.18. The molecule has 5 heteroatoms. The molecule has 1 fully saturated rings. The molecule has 1 aliphatic rings. The van der Waals surface area contributed by atoms with Gasteiger partial charge in [0, 0.05) is 26.6 Å². The van der Waals surface area contributed by atoms with E-state index in [1.165, 1.54) is 0 Å². The molecule has 92 valence electrons. The van der Waals surface area contributed by atoms with E-state index in [0.29, 0.717) is 25.6 Å². The predicted octanol–water partition coefficient (Wildman–Crippen LogP) is -0.277. The molecule has 0 aromatic rings. The van der Waals surface area contributed by atoms with E-state index >= 15 is 0 Å². The van der Waals surface area contributed by atoms with Gasteiger partial charge in [-0.25, -0.2) is 0 Å². The van der Waals surface area contributed by atoms with Crippen LogP contribution in [0.4, 0.5) is 0 Å². The van der Waals surface area contributed by atoms with E-state index in [-0.39, 0.29) is 11.8 Å². The summed E-state index contributed by atoms with van der Waals surface area (Å²) in [6.07, 6.45) is 3.53. The number of carbonyl (C=O) groups excluding carboxylic acids is 2. The van der Waals surface area contributed by atoms with Crippen LogP contribution in [0, 0.1) is 0 Å². The van der Waals surface area contributed by atoms with Crippen LogP contribution < -0.4 is 10.6 Å². The maximum absolute atomic E-state index is 11.2. The predicted molar refractivity (Wildman–Crippen MR) is 62.0 cm³/mol. The average Bonchev–Trinajstić information content (AvgIpc) is 3.00. The Morgan fingerprint density at radius 3 is 2.56 bits per heavy atom. The summed E-state index contributed by atoms with van der Waals surface area (Å²) >= 11 is 0. The average molecular weight is 227 g/mol. The first-order chi connectivity index (χ1) is 7.59. The summed E-state index contributed by atoms with van der Waals surface area (Å²) in [4.78, 5) is 24.0. The molecule has 0 spiro atoms. The molecule has 0 atom stereocenters. The smallest absolute Gasteiger partial charge is 0.234 e. The molecular weight excluding hydrogens is 206 g/mol. The maximum Gasteiger partial charge on any atom is 0.234 e.